The number of amides is 2. The molecule has 2 amide bonds. The van der Waals surface area contributed by atoms with Crippen molar-refractivity contribution in [1.82, 2.24) is 10.8 Å². The molecule has 6 heteroatoms. The lowest BCUT2D eigenvalue weighted by Gasteiger charge is -2.27. The zero-order valence-corrected chi connectivity index (χ0v) is 15.1. The van der Waals surface area contributed by atoms with E-state index in [-0.39, 0.29) is 11.9 Å². The lowest BCUT2D eigenvalue weighted by Crippen LogP contribution is -2.41. The smallest absolute Gasteiger partial charge is 0.274 e. The molecule has 25 heavy (non-hydrogen) atoms. The first kappa shape index (κ1) is 19.0. The van der Waals surface area contributed by atoms with Crippen LogP contribution in [0, 0.1) is 0 Å². The summed E-state index contributed by atoms with van der Waals surface area (Å²) in [6, 6.07) is 13.6. The van der Waals surface area contributed by atoms with Crippen LogP contribution in [-0.4, -0.2) is 17.0 Å². The molecule has 0 radical (unpaired) electrons. The standard InChI is InChI=1S/C19H21ClN2O3/c1-12(13-4-6-14(7-5-13)17(23)22-25)21-18(24)19(2,3)15-8-10-16(20)11-9-15/h4-12,25H,1-3H3,(H,21,24)(H,22,23). The Morgan fingerprint density at radius 2 is 1.60 bits per heavy atom. The third kappa shape index (κ3) is 4.38. The van der Waals surface area contributed by atoms with Gasteiger partial charge in [-0.1, -0.05) is 35.9 Å². The second-order valence-corrected chi connectivity index (χ2v) is 6.83. The summed E-state index contributed by atoms with van der Waals surface area (Å²) >= 11 is 5.91. The number of hydrogen-bond acceptors (Lipinski definition) is 3. The molecule has 0 spiro atoms. The largest absolute Gasteiger partial charge is 0.349 e. The number of nitrogens with one attached hydrogen (secondary N) is 2. The Morgan fingerprint density at radius 3 is 2.12 bits per heavy atom. The Hall–Kier alpha value is -2.37. The highest BCUT2D eigenvalue weighted by molar-refractivity contribution is 6.30. The Kier molecular flexibility index (Phi) is 5.82. The van der Waals surface area contributed by atoms with Gasteiger partial charge < -0.3 is 5.32 Å². The minimum Gasteiger partial charge on any atom is -0.349 e. The van der Waals surface area contributed by atoms with Crippen molar-refractivity contribution in [3.05, 3.63) is 70.2 Å². The Morgan fingerprint density at radius 1 is 1.04 bits per heavy atom. The van der Waals surface area contributed by atoms with Crippen molar-refractivity contribution in [3.63, 3.8) is 0 Å². The van der Waals surface area contributed by atoms with Crippen LogP contribution in [0.2, 0.25) is 5.02 Å². The second-order valence-electron chi connectivity index (χ2n) is 6.39. The van der Waals surface area contributed by atoms with E-state index in [1.165, 1.54) is 0 Å². The molecule has 0 aliphatic carbocycles. The highest BCUT2D eigenvalue weighted by Crippen LogP contribution is 2.26. The SMILES string of the molecule is CC(NC(=O)C(C)(C)c1ccc(Cl)cc1)c1ccc(C(=O)NO)cc1. The summed E-state index contributed by atoms with van der Waals surface area (Å²) in [4.78, 5) is 24.1. The average molecular weight is 361 g/mol. The summed E-state index contributed by atoms with van der Waals surface area (Å²) in [5.74, 6) is -0.688. The first-order chi connectivity index (χ1) is 11.8. The van der Waals surface area contributed by atoms with Crippen LogP contribution < -0.4 is 10.8 Å². The van der Waals surface area contributed by atoms with Crippen molar-refractivity contribution in [3.8, 4) is 0 Å². The van der Waals surface area contributed by atoms with Crippen LogP contribution in [0.25, 0.3) is 0 Å². The van der Waals surface area contributed by atoms with Gasteiger partial charge in [-0.15, -0.1) is 0 Å². The number of rotatable bonds is 5. The van der Waals surface area contributed by atoms with Crippen LogP contribution >= 0.6 is 11.6 Å². The number of benzene rings is 2. The molecule has 2 rings (SSSR count). The van der Waals surface area contributed by atoms with Gasteiger partial charge in [0.1, 0.15) is 0 Å². The first-order valence-electron chi connectivity index (χ1n) is 7.87. The Bertz CT molecular complexity index is 755. The number of carbonyl (C=O) groups is 2. The van der Waals surface area contributed by atoms with Crippen molar-refractivity contribution in [1.29, 1.82) is 0 Å². The minimum atomic E-state index is -0.713. The molecule has 0 heterocycles. The normalized spacial score (nSPS) is 12.4. The summed E-state index contributed by atoms with van der Waals surface area (Å²) < 4.78 is 0. The molecule has 2 aromatic carbocycles. The van der Waals surface area contributed by atoms with Crippen molar-refractivity contribution in [2.24, 2.45) is 0 Å². The predicted octanol–water partition coefficient (Wildman–Crippen LogP) is 3.61. The molecule has 3 N–H and O–H groups in total. The maximum atomic E-state index is 12.7. The summed E-state index contributed by atoms with van der Waals surface area (Å²) in [5, 5.41) is 12.3. The van der Waals surface area contributed by atoms with E-state index in [0.29, 0.717) is 10.6 Å². The van der Waals surface area contributed by atoms with E-state index in [0.717, 1.165) is 11.1 Å². The summed E-state index contributed by atoms with van der Waals surface area (Å²) in [6.45, 7) is 5.58. The molecule has 0 bridgehead atoms. The van der Waals surface area contributed by atoms with Gasteiger partial charge >= 0.3 is 0 Å². The fourth-order valence-electron chi connectivity index (χ4n) is 2.45. The molecule has 0 aliphatic heterocycles. The number of carbonyl (C=O) groups excluding carboxylic acids is 2. The number of hydroxylamine groups is 1. The zero-order chi connectivity index (χ0) is 18.6. The number of halogens is 1. The van der Waals surface area contributed by atoms with Gasteiger partial charge in [0.05, 0.1) is 11.5 Å². The maximum Gasteiger partial charge on any atom is 0.274 e. The van der Waals surface area contributed by atoms with Crippen LogP contribution in [0.5, 0.6) is 0 Å². The van der Waals surface area contributed by atoms with Crippen LogP contribution in [0.4, 0.5) is 0 Å². The molecular formula is C19H21ClN2O3. The highest BCUT2D eigenvalue weighted by atomic mass is 35.5. The lowest BCUT2D eigenvalue weighted by molar-refractivity contribution is -0.126. The van der Waals surface area contributed by atoms with Crippen LogP contribution in [0.3, 0.4) is 0 Å². The van der Waals surface area contributed by atoms with Crippen molar-refractivity contribution >= 4 is 23.4 Å². The van der Waals surface area contributed by atoms with Crippen LogP contribution in [-0.2, 0) is 10.2 Å². The molecule has 0 aromatic heterocycles. The summed E-state index contributed by atoms with van der Waals surface area (Å²) in [6.07, 6.45) is 0. The third-order valence-corrected chi connectivity index (χ3v) is 4.51. The molecule has 5 nitrogen and oxygen atoms in total. The van der Waals surface area contributed by atoms with E-state index in [1.54, 1.807) is 41.9 Å². The molecule has 2 aromatic rings. The summed E-state index contributed by atoms with van der Waals surface area (Å²) in [7, 11) is 0. The quantitative estimate of drug-likeness (QED) is 0.563. The van der Waals surface area contributed by atoms with E-state index in [9.17, 15) is 9.59 Å². The zero-order valence-electron chi connectivity index (χ0n) is 14.3. The van der Waals surface area contributed by atoms with E-state index in [2.05, 4.69) is 5.32 Å². The van der Waals surface area contributed by atoms with Gasteiger partial charge in [-0.25, -0.2) is 5.48 Å². The molecule has 1 atom stereocenters. The van der Waals surface area contributed by atoms with Crippen molar-refractivity contribution in [2.75, 3.05) is 0 Å². The topological polar surface area (TPSA) is 78.4 Å². The molecule has 0 fully saturated rings. The predicted molar refractivity (Wildman–Crippen MR) is 96.7 cm³/mol. The van der Waals surface area contributed by atoms with Gasteiger partial charge in [-0.05, 0) is 56.2 Å². The average Bonchev–Trinajstić information content (AvgIpc) is 2.61. The minimum absolute atomic E-state index is 0.112. The molecular weight excluding hydrogens is 340 g/mol. The van der Waals surface area contributed by atoms with Gasteiger partial charge in [0.2, 0.25) is 5.91 Å². The van der Waals surface area contributed by atoms with Gasteiger partial charge in [0.15, 0.2) is 0 Å². The molecule has 0 saturated carbocycles. The van der Waals surface area contributed by atoms with Gasteiger partial charge in [0, 0.05) is 10.6 Å². The molecule has 0 aliphatic rings. The third-order valence-electron chi connectivity index (χ3n) is 4.26. The van der Waals surface area contributed by atoms with E-state index in [1.807, 2.05) is 32.9 Å². The van der Waals surface area contributed by atoms with Crippen molar-refractivity contribution < 1.29 is 14.8 Å². The molecule has 0 saturated heterocycles. The fourth-order valence-corrected chi connectivity index (χ4v) is 2.57. The van der Waals surface area contributed by atoms with E-state index >= 15 is 0 Å². The second kappa shape index (κ2) is 7.68. The van der Waals surface area contributed by atoms with E-state index < -0.39 is 11.3 Å². The first-order valence-corrected chi connectivity index (χ1v) is 8.25. The molecule has 132 valence electrons. The van der Waals surface area contributed by atoms with Crippen LogP contribution in [0.15, 0.2) is 48.5 Å². The highest BCUT2D eigenvalue weighted by Gasteiger charge is 2.30. The monoisotopic (exact) mass is 360 g/mol. The lowest BCUT2D eigenvalue weighted by atomic mass is 9.83. The fraction of sp³-hybridized carbons (Fsp3) is 0.263. The van der Waals surface area contributed by atoms with Gasteiger partial charge in [-0.3, -0.25) is 14.8 Å². The summed E-state index contributed by atoms with van der Waals surface area (Å²) in [5.41, 5.74) is 2.94. The maximum absolute atomic E-state index is 12.7. The van der Waals surface area contributed by atoms with Gasteiger partial charge in [0.25, 0.3) is 5.91 Å². The molecule has 1 unspecified atom stereocenters. The Balaban J connectivity index is 2.10. The van der Waals surface area contributed by atoms with E-state index in [4.69, 9.17) is 16.8 Å². The number of hydrogen-bond donors (Lipinski definition) is 3. The van der Waals surface area contributed by atoms with Gasteiger partial charge in [-0.2, -0.15) is 0 Å². The van der Waals surface area contributed by atoms with Crippen molar-refractivity contribution in [2.45, 2.75) is 32.2 Å². The van der Waals surface area contributed by atoms with Crippen LogP contribution in [0.1, 0.15) is 48.3 Å². The Labute approximate surface area is 152 Å².